The molecule has 1 aromatic heterocycles. The van der Waals surface area contributed by atoms with Crippen molar-refractivity contribution < 1.29 is 9.53 Å². The molecular weight excluding hydrogens is 242 g/mol. The molecule has 0 saturated carbocycles. The molecule has 1 amide bonds. The van der Waals surface area contributed by atoms with Crippen molar-refractivity contribution in [2.24, 2.45) is 0 Å². The van der Waals surface area contributed by atoms with Gasteiger partial charge in [0, 0.05) is 31.6 Å². The van der Waals surface area contributed by atoms with Crippen molar-refractivity contribution in [3.05, 3.63) is 24.0 Å². The fraction of sp³-hybridized carbons (Fsp3) is 0.643. The molecule has 0 fully saturated rings. The molecule has 0 spiro atoms. The molecule has 0 aliphatic heterocycles. The van der Waals surface area contributed by atoms with E-state index in [0.29, 0.717) is 19.2 Å². The Hall–Kier alpha value is -1.33. The first-order valence-corrected chi connectivity index (χ1v) is 6.71. The Bertz CT molecular complexity index is 386. The van der Waals surface area contributed by atoms with Crippen LogP contribution in [0.15, 0.2) is 18.5 Å². The number of amides is 1. The zero-order chi connectivity index (χ0) is 14.3. The number of methoxy groups -OCH3 is 1. The van der Waals surface area contributed by atoms with E-state index >= 15 is 0 Å². The predicted octanol–water partition coefficient (Wildman–Crippen LogP) is 1.31. The first-order chi connectivity index (χ1) is 9.10. The minimum atomic E-state index is 0.00389. The van der Waals surface area contributed by atoms with Crippen molar-refractivity contribution in [1.29, 1.82) is 0 Å². The summed E-state index contributed by atoms with van der Waals surface area (Å²) in [5.74, 6) is 0.00389. The van der Waals surface area contributed by atoms with Crippen molar-refractivity contribution >= 4 is 5.91 Å². The van der Waals surface area contributed by atoms with Gasteiger partial charge in [-0.25, -0.2) is 0 Å². The molecule has 0 aliphatic rings. The molecule has 1 rings (SSSR count). The molecule has 1 heterocycles. The Kier molecular flexibility index (Phi) is 6.59. The number of rotatable bonds is 8. The van der Waals surface area contributed by atoms with Crippen molar-refractivity contribution in [3.63, 3.8) is 0 Å². The Morgan fingerprint density at radius 3 is 2.84 bits per heavy atom. The highest BCUT2D eigenvalue weighted by atomic mass is 16.5. The summed E-state index contributed by atoms with van der Waals surface area (Å²) >= 11 is 0. The number of nitrogens with zero attached hydrogens (tertiary/aromatic N) is 1. The van der Waals surface area contributed by atoms with Crippen LogP contribution in [0.2, 0.25) is 0 Å². The first-order valence-electron chi connectivity index (χ1n) is 6.71. The van der Waals surface area contributed by atoms with E-state index in [2.05, 4.69) is 23.6 Å². The summed E-state index contributed by atoms with van der Waals surface area (Å²) < 4.78 is 6.90. The van der Waals surface area contributed by atoms with Crippen molar-refractivity contribution in [1.82, 2.24) is 15.2 Å². The third-order valence-corrected chi connectivity index (χ3v) is 3.08. The highest BCUT2D eigenvalue weighted by Crippen LogP contribution is 2.15. The van der Waals surface area contributed by atoms with E-state index < -0.39 is 0 Å². The van der Waals surface area contributed by atoms with Gasteiger partial charge in [0.1, 0.15) is 6.54 Å². The molecule has 0 bridgehead atoms. The molecule has 0 saturated heterocycles. The van der Waals surface area contributed by atoms with Crippen LogP contribution < -0.4 is 10.6 Å². The van der Waals surface area contributed by atoms with Crippen molar-refractivity contribution in [2.75, 3.05) is 20.8 Å². The summed E-state index contributed by atoms with van der Waals surface area (Å²) in [7, 11) is 3.58. The molecule has 0 aliphatic carbocycles. The number of hydrogen-bond acceptors (Lipinski definition) is 3. The van der Waals surface area contributed by atoms with Gasteiger partial charge in [-0.2, -0.15) is 0 Å². The summed E-state index contributed by atoms with van der Waals surface area (Å²) in [4.78, 5) is 11.8. The van der Waals surface area contributed by atoms with E-state index in [4.69, 9.17) is 4.74 Å². The molecular formula is C14H25N3O2. The highest BCUT2D eigenvalue weighted by Gasteiger charge is 2.10. The average molecular weight is 267 g/mol. The summed E-state index contributed by atoms with van der Waals surface area (Å²) in [5.41, 5.74) is 1.21. The Morgan fingerprint density at radius 1 is 1.53 bits per heavy atom. The van der Waals surface area contributed by atoms with Gasteiger partial charge in [-0.15, -0.1) is 0 Å². The van der Waals surface area contributed by atoms with Crippen LogP contribution >= 0.6 is 0 Å². The minimum absolute atomic E-state index is 0.00389. The molecule has 19 heavy (non-hydrogen) atoms. The lowest BCUT2D eigenvalue weighted by atomic mass is 10.1. The number of ether oxygens (including phenoxy) is 1. The fourth-order valence-electron chi connectivity index (χ4n) is 2.15. The van der Waals surface area contributed by atoms with E-state index in [1.165, 1.54) is 5.56 Å². The van der Waals surface area contributed by atoms with E-state index in [-0.39, 0.29) is 11.9 Å². The van der Waals surface area contributed by atoms with Gasteiger partial charge in [0.15, 0.2) is 0 Å². The molecule has 5 heteroatoms. The zero-order valence-corrected chi connectivity index (χ0v) is 12.3. The van der Waals surface area contributed by atoms with Gasteiger partial charge < -0.3 is 19.9 Å². The molecule has 0 radical (unpaired) electrons. The SMILES string of the molecule is CCC(NC)c1ccn(CC(=O)NC(C)COC)c1. The number of carbonyl (C=O) groups excluding carboxylic acids is 1. The summed E-state index contributed by atoms with van der Waals surface area (Å²) in [6.07, 6.45) is 4.98. The fourth-order valence-corrected chi connectivity index (χ4v) is 2.15. The molecule has 1 aromatic rings. The van der Waals surface area contributed by atoms with Gasteiger partial charge in [-0.05, 0) is 32.0 Å². The Balaban J connectivity index is 2.51. The van der Waals surface area contributed by atoms with Gasteiger partial charge in [-0.3, -0.25) is 4.79 Å². The lowest BCUT2D eigenvalue weighted by Crippen LogP contribution is -2.37. The zero-order valence-electron chi connectivity index (χ0n) is 12.3. The van der Waals surface area contributed by atoms with Gasteiger partial charge in [0.25, 0.3) is 0 Å². The largest absolute Gasteiger partial charge is 0.383 e. The van der Waals surface area contributed by atoms with Crippen LogP contribution in [0.5, 0.6) is 0 Å². The monoisotopic (exact) mass is 267 g/mol. The van der Waals surface area contributed by atoms with Crippen LogP contribution in [0, 0.1) is 0 Å². The van der Waals surface area contributed by atoms with Crippen LogP contribution in [-0.4, -0.2) is 37.3 Å². The summed E-state index contributed by atoms with van der Waals surface area (Å²) in [6, 6.07) is 2.43. The Labute approximate surface area is 115 Å². The minimum Gasteiger partial charge on any atom is -0.383 e. The van der Waals surface area contributed by atoms with Gasteiger partial charge >= 0.3 is 0 Å². The third kappa shape index (κ3) is 5.04. The second-order valence-corrected chi connectivity index (χ2v) is 4.79. The lowest BCUT2D eigenvalue weighted by Gasteiger charge is -2.13. The summed E-state index contributed by atoms with van der Waals surface area (Å²) in [6.45, 7) is 4.93. The van der Waals surface area contributed by atoms with Gasteiger partial charge in [0.05, 0.1) is 6.61 Å². The maximum Gasteiger partial charge on any atom is 0.240 e. The van der Waals surface area contributed by atoms with Crippen molar-refractivity contribution in [2.45, 2.75) is 38.9 Å². The maximum absolute atomic E-state index is 11.8. The third-order valence-electron chi connectivity index (χ3n) is 3.08. The average Bonchev–Trinajstić information content (AvgIpc) is 2.79. The van der Waals surface area contributed by atoms with Gasteiger partial charge in [-0.1, -0.05) is 6.92 Å². The molecule has 2 atom stereocenters. The Morgan fingerprint density at radius 2 is 2.26 bits per heavy atom. The van der Waals surface area contributed by atoms with Crippen molar-refractivity contribution in [3.8, 4) is 0 Å². The number of carbonyl (C=O) groups is 1. The molecule has 0 aromatic carbocycles. The maximum atomic E-state index is 11.8. The molecule has 2 N–H and O–H groups in total. The van der Waals surface area contributed by atoms with Crippen LogP contribution in [0.3, 0.4) is 0 Å². The molecule has 2 unspecified atom stereocenters. The molecule has 5 nitrogen and oxygen atoms in total. The predicted molar refractivity (Wildman–Crippen MR) is 76.0 cm³/mol. The van der Waals surface area contributed by atoms with E-state index in [0.717, 1.165) is 6.42 Å². The number of nitrogens with one attached hydrogen (secondary N) is 2. The number of aromatic nitrogens is 1. The van der Waals surface area contributed by atoms with E-state index in [1.54, 1.807) is 7.11 Å². The van der Waals surface area contributed by atoms with E-state index in [1.807, 2.05) is 30.9 Å². The number of hydrogen-bond donors (Lipinski definition) is 2. The van der Waals surface area contributed by atoms with Crippen LogP contribution in [0.25, 0.3) is 0 Å². The van der Waals surface area contributed by atoms with Crippen LogP contribution in [0.1, 0.15) is 31.9 Å². The second-order valence-electron chi connectivity index (χ2n) is 4.79. The van der Waals surface area contributed by atoms with Crippen LogP contribution in [0.4, 0.5) is 0 Å². The standard InChI is InChI=1S/C14H25N3O2/c1-5-13(15-3)12-6-7-17(8-12)9-14(18)16-11(2)10-19-4/h6-8,11,13,15H,5,9-10H2,1-4H3,(H,16,18). The highest BCUT2D eigenvalue weighted by molar-refractivity contribution is 5.76. The second kappa shape index (κ2) is 7.96. The smallest absolute Gasteiger partial charge is 0.240 e. The van der Waals surface area contributed by atoms with E-state index in [9.17, 15) is 4.79 Å². The first kappa shape index (κ1) is 15.7. The van der Waals surface area contributed by atoms with Gasteiger partial charge in [0.2, 0.25) is 5.91 Å². The summed E-state index contributed by atoms with van der Waals surface area (Å²) in [5, 5.41) is 6.15. The van der Waals surface area contributed by atoms with Crippen LogP contribution in [-0.2, 0) is 16.1 Å². The quantitative estimate of drug-likeness (QED) is 0.746. The lowest BCUT2D eigenvalue weighted by molar-refractivity contribution is -0.122. The normalized spacial score (nSPS) is 14.1. The molecule has 108 valence electrons. The topological polar surface area (TPSA) is 55.3 Å².